The molecule has 0 bridgehead atoms. The molecule has 2 aromatic heterocycles. The van der Waals surface area contributed by atoms with Crippen LogP contribution in [-0.4, -0.2) is 25.1 Å². The molecule has 2 aromatic rings. The van der Waals surface area contributed by atoms with Gasteiger partial charge >= 0.3 is 0 Å². The molecular formula is C17H25N3S. The van der Waals surface area contributed by atoms with Gasteiger partial charge in [0.05, 0.1) is 17.6 Å². The second kappa shape index (κ2) is 7.57. The molecule has 0 radical (unpaired) electrons. The summed E-state index contributed by atoms with van der Waals surface area (Å²) >= 11 is 1.83. The van der Waals surface area contributed by atoms with Gasteiger partial charge in [-0.15, -0.1) is 11.3 Å². The standard InChI is InChI=1S/C17H25N3S/c1-5-16(18-3)17-9-8-14(12-19-17)20(4)13(2)11-15-7-6-10-21-15/h6-10,12-13,16,18H,5,11H2,1-4H3. The molecule has 0 amide bonds. The maximum Gasteiger partial charge on any atom is 0.0574 e. The molecule has 114 valence electrons. The summed E-state index contributed by atoms with van der Waals surface area (Å²) in [5, 5.41) is 5.43. The minimum Gasteiger partial charge on any atom is -0.370 e. The van der Waals surface area contributed by atoms with Crippen LogP contribution in [-0.2, 0) is 6.42 Å². The summed E-state index contributed by atoms with van der Waals surface area (Å²) in [6.07, 6.45) is 4.11. The molecule has 21 heavy (non-hydrogen) atoms. The highest BCUT2D eigenvalue weighted by molar-refractivity contribution is 7.09. The number of anilines is 1. The van der Waals surface area contributed by atoms with Crippen molar-refractivity contribution < 1.29 is 0 Å². The van der Waals surface area contributed by atoms with Gasteiger partial charge in [-0.2, -0.15) is 0 Å². The molecule has 2 atom stereocenters. The Kier molecular flexibility index (Phi) is 5.76. The molecule has 3 nitrogen and oxygen atoms in total. The van der Waals surface area contributed by atoms with E-state index in [0.29, 0.717) is 12.1 Å². The minimum absolute atomic E-state index is 0.341. The van der Waals surface area contributed by atoms with Crippen LogP contribution in [0.2, 0.25) is 0 Å². The summed E-state index contributed by atoms with van der Waals surface area (Å²) in [6, 6.07) is 9.43. The highest BCUT2D eigenvalue weighted by Crippen LogP contribution is 2.21. The summed E-state index contributed by atoms with van der Waals surface area (Å²) in [6.45, 7) is 4.43. The zero-order valence-corrected chi connectivity index (χ0v) is 14.2. The van der Waals surface area contributed by atoms with Crippen LogP contribution in [0.15, 0.2) is 35.8 Å². The van der Waals surface area contributed by atoms with Crippen LogP contribution < -0.4 is 10.2 Å². The zero-order valence-electron chi connectivity index (χ0n) is 13.3. The fourth-order valence-corrected chi connectivity index (χ4v) is 3.31. The third kappa shape index (κ3) is 4.05. The third-order valence-electron chi connectivity index (χ3n) is 4.03. The van der Waals surface area contributed by atoms with Gasteiger partial charge in [0.15, 0.2) is 0 Å². The zero-order chi connectivity index (χ0) is 15.2. The molecular weight excluding hydrogens is 278 g/mol. The Morgan fingerprint density at radius 1 is 1.33 bits per heavy atom. The van der Waals surface area contributed by atoms with E-state index in [1.165, 1.54) is 10.6 Å². The maximum absolute atomic E-state index is 4.62. The van der Waals surface area contributed by atoms with Crippen molar-refractivity contribution in [3.63, 3.8) is 0 Å². The Hall–Kier alpha value is -1.39. The fourth-order valence-electron chi connectivity index (χ4n) is 2.48. The number of rotatable bonds is 7. The quantitative estimate of drug-likeness (QED) is 0.841. The van der Waals surface area contributed by atoms with Crippen molar-refractivity contribution in [3.8, 4) is 0 Å². The van der Waals surface area contributed by atoms with Crippen LogP contribution >= 0.6 is 11.3 Å². The van der Waals surface area contributed by atoms with Crippen molar-refractivity contribution in [1.29, 1.82) is 0 Å². The lowest BCUT2D eigenvalue weighted by Crippen LogP contribution is -2.30. The third-order valence-corrected chi connectivity index (χ3v) is 4.93. The second-order valence-electron chi connectivity index (χ2n) is 5.43. The van der Waals surface area contributed by atoms with Crippen LogP contribution in [0.25, 0.3) is 0 Å². The molecule has 0 saturated heterocycles. The van der Waals surface area contributed by atoms with E-state index in [0.717, 1.165) is 18.5 Å². The minimum atomic E-state index is 0.341. The number of pyridine rings is 1. The van der Waals surface area contributed by atoms with Crippen LogP contribution in [0.1, 0.15) is 36.9 Å². The van der Waals surface area contributed by atoms with E-state index in [2.05, 4.69) is 65.7 Å². The molecule has 0 fully saturated rings. The first-order valence-electron chi connectivity index (χ1n) is 7.54. The first-order valence-corrected chi connectivity index (χ1v) is 8.42. The Balaban J connectivity index is 2.03. The Bertz CT molecular complexity index is 517. The van der Waals surface area contributed by atoms with E-state index in [1.807, 2.05) is 24.6 Å². The lowest BCUT2D eigenvalue weighted by molar-refractivity contribution is 0.561. The summed E-state index contributed by atoms with van der Waals surface area (Å²) in [7, 11) is 4.13. The summed E-state index contributed by atoms with van der Waals surface area (Å²) in [4.78, 5) is 8.35. The lowest BCUT2D eigenvalue weighted by atomic mass is 10.1. The Labute approximate surface area is 132 Å². The average molecular weight is 303 g/mol. The van der Waals surface area contributed by atoms with E-state index in [-0.39, 0.29) is 0 Å². The summed E-state index contributed by atoms with van der Waals surface area (Å²) in [5.41, 5.74) is 2.29. The van der Waals surface area contributed by atoms with Gasteiger partial charge < -0.3 is 10.2 Å². The molecule has 2 rings (SSSR count). The van der Waals surface area contributed by atoms with E-state index >= 15 is 0 Å². The van der Waals surface area contributed by atoms with Gasteiger partial charge in [-0.05, 0) is 44.0 Å². The maximum atomic E-state index is 4.62. The SMILES string of the molecule is CCC(NC)c1ccc(N(C)C(C)Cc2cccs2)cn1. The number of thiophene rings is 1. The highest BCUT2D eigenvalue weighted by Gasteiger charge is 2.13. The largest absolute Gasteiger partial charge is 0.370 e. The fraction of sp³-hybridized carbons (Fsp3) is 0.471. The molecule has 0 saturated carbocycles. The smallest absolute Gasteiger partial charge is 0.0574 e. The van der Waals surface area contributed by atoms with Gasteiger partial charge in [-0.1, -0.05) is 13.0 Å². The number of nitrogens with zero attached hydrogens (tertiary/aromatic N) is 2. The highest BCUT2D eigenvalue weighted by atomic mass is 32.1. The van der Waals surface area contributed by atoms with Gasteiger partial charge in [-0.3, -0.25) is 4.98 Å². The molecule has 2 unspecified atom stereocenters. The molecule has 2 heterocycles. The summed E-state index contributed by atoms with van der Waals surface area (Å²) < 4.78 is 0. The number of hydrogen-bond acceptors (Lipinski definition) is 4. The molecule has 0 aliphatic heterocycles. The number of aromatic nitrogens is 1. The average Bonchev–Trinajstić information content (AvgIpc) is 3.01. The number of hydrogen-bond donors (Lipinski definition) is 1. The first kappa shape index (κ1) is 16.0. The van der Waals surface area contributed by atoms with Gasteiger partial charge in [0, 0.05) is 30.4 Å². The second-order valence-corrected chi connectivity index (χ2v) is 6.47. The van der Waals surface area contributed by atoms with E-state index in [4.69, 9.17) is 0 Å². The van der Waals surface area contributed by atoms with Gasteiger partial charge in [-0.25, -0.2) is 0 Å². The van der Waals surface area contributed by atoms with Gasteiger partial charge in [0.1, 0.15) is 0 Å². The first-order chi connectivity index (χ1) is 10.2. The monoisotopic (exact) mass is 303 g/mol. The molecule has 0 aromatic carbocycles. The van der Waals surface area contributed by atoms with Crippen LogP contribution in [0.3, 0.4) is 0 Å². The molecule has 0 aliphatic carbocycles. The van der Waals surface area contributed by atoms with Crippen LogP contribution in [0.4, 0.5) is 5.69 Å². The van der Waals surface area contributed by atoms with Crippen molar-refractivity contribution in [2.24, 2.45) is 0 Å². The molecule has 0 aliphatic rings. The van der Waals surface area contributed by atoms with Crippen molar-refractivity contribution in [2.45, 2.75) is 38.8 Å². The van der Waals surface area contributed by atoms with E-state index < -0.39 is 0 Å². The van der Waals surface area contributed by atoms with E-state index in [1.54, 1.807) is 0 Å². The number of likely N-dealkylation sites (N-methyl/N-ethyl adjacent to an activating group) is 1. The lowest BCUT2D eigenvalue weighted by Gasteiger charge is -2.27. The molecule has 1 N–H and O–H groups in total. The predicted octanol–water partition coefficient (Wildman–Crippen LogP) is 3.88. The van der Waals surface area contributed by atoms with Crippen molar-refractivity contribution in [3.05, 3.63) is 46.4 Å². The van der Waals surface area contributed by atoms with Crippen molar-refractivity contribution >= 4 is 17.0 Å². The number of nitrogens with one attached hydrogen (secondary N) is 1. The Morgan fingerprint density at radius 2 is 2.14 bits per heavy atom. The van der Waals surface area contributed by atoms with Crippen LogP contribution in [0, 0.1) is 0 Å². The van der Waals surface area contributed by atoms with E-state index in [9.17, 15) is 0 Å². The predicted molar refractivity (Wildman–Crippen MR) is 92.2 cm³/mol. The van der Waals surface area contributed by atoms with Crippen molar-refractivity contribution in [1.82, 2.24) is 10.3 Å². The van der Waals surface area contributed by atoms with Gasteiger partial charge in [0.2, 0.25) is 0 Å². The van der Waals surface area contributed by atoms with Crippen molar-refractivity contribution in [2.75, 3.05) is 19.0 Å². The summed E-state index contributed by atoms with van der Waals surface area (Å²) in [5.74, 6) is 0. The molecule has 4 heteroatoms. The molecule has 0 spiro atoms. The normalized spacial score (nSPS) is 13.9. The Morgan fingerprint density at radius 3 is 2.67 bits per heavy atom. The van der Waals surface area contributed by atoms with Crippen LogP contribution in [0.5, 0.6) is 0 Å². The van der Waals surface area contributed by atoms with Gasteiger partial charge in [0.25, 0.3) is 0 Å². The topological polar surface area (TPSA) is 28.2 Å².